The third-order valence-corrected chi connectivity index (χ3v) is 5.20. The van der Waals surface area contributed by atoms with Crippen LogP contribution < -0.4 is 20.1 Å². The van der Waals surface area contributed by atoms with Crippen LogP contribution in [0.1, 0.15) is 30.4 Å². The van der Waals surface area contributed by atoms with Crippen LogP contribution in [0.5, 0.6) is 11.5 Å². The van der Waals surface area contributed by atoms with Gasteiger partial charge >= 0.3 is 0 Å². The van der Waals surface area contributed by atoms with E-state index in [1.807, 2.05) is 18.2 Å². The highest BCUT2D eigenvalue weighted by atomic mass is 127. The van der Waals surface area contributed by atoms with Gasteiger partial charge in [0.15, 0.2) is 17.5 Å². The van der Waals surface area contributed by atoms with Crippen molar-refractivity contribution in [1.82, 2.24) is 5.32 Å². The Balaban J connectivity index is 0.00000256. The van der Waals surface area contributed by atoms with E-state index in [0.717, 1.165) is 55.6 Å². The molecule has 2 aromatic rings. The lowest BCUT2D eigenvalue weighted by Crippen LogP contribution is -2.36. The van der Waals surface area contributed by atoms with E-state index < -0.39 is 0 Å². The Bertz CT molecular complexity index is 853. The van der Waals surface area contributed by atoms with Crippen LogP contribution in [0, 0.1) is 6.92 Å². The van der Waals surface area contributed by atoms with Crippen LogP contribution >= 0.6 is 24.0 Å². The number of halogens is 1. The van der Waals surface area contributed by atoms with E-state index in [0.29, 0.717) is 19.8 Å². The molecule has 0 bridgehead atoms. The number of nitrogens with zero attached hydrogens (tertiary/aromatic N) is 1. The third kappa shape index (κ3) is 6.25. The van der Waals surface area contributed by atoms with E-state index >= 15 is 0 Å². The Hall–Kier alpha value is -2.00. The van der Waals surface area contributed by atoms with Gasteiger partial charge in [-0.2, -0.15) is 0 Å². The number of fused-ring (bicyclic) bond motifs is 1. The van der Waals surface area contributed by atoms with Gasteiger partial charge in [0, 0.05) is 31.3 Å². The topological polar surface area (TPSA) is 64.1 Å². The second-order valence-corrected chi connectivity index (χ2v) is 7.44. The highest BCUT2D eigenvalue weighted by Crippen LogP contribution is 2.32. The molecule has 0 radical (unpaired) electrons. The zero-order valence-corrected chi connectivity index (χ0v) is 19.7. The number of ether oxygens (including phenoxy) is 3. The molecular weight excluding hydrogens is 493 g/mol. The Kier molecular flexibility index (Phi) is 8.62. The molecule has 2 heterocycles. The van der Waals surface area contributed by atoms with Crippen molar-refractivity contribution < 1.29 is 14.2 Å². The van der Waals surface area contributed by atoms with Crippen LogP contribution in [0.25, 0.3) is 0 Å². The van der Waals surface area contributed by atoms with E-state index in [1.165, 1.54) is 11.1 Å². The van der Waals surface area contributed by atoms with E-state index in [2.05, 4.69) is 41.8 Å². The fraction of sp³-hybridized carbons (Fsp3) is 0.435. The molecule has 30 heavy (non-hydrogen) atoms. The molecule has 0 aliphatic carbocycles. The highest BCUT2D eigenvalue weighted by Gasteiger charge is 2.16. The quantitative estimate of drug-likeness (QED) is 0.343. The second kappa shape index (κ2) is 11.4. The summed E-state index contributed by atoms with van der Waals surface area (Å²) in [6.07, 6.45) is 3.34. The number of benzene rings is 2. The van der Waals surface area contributed by atoms with Gasteiger partial charge in [-0.25, -0.2) is 4.99 Å². The smallest absolute Gasteiger partial charge is 0.196 e. The van der Waals surface area contributed by atoms with Gasteiger partial charge in [-0.3, -0.25) is 0 Å². The van der Waals surface area contributed by atoms with Gasteiger partial charge in [0.25, 0.3) is 0 Å². The Morgan fingerprint density at radius 2 is 1.87 bits per heavy atom. The Labute approximate surface area is 195 Å². The lowest BCUT2D eigenvalue weighted by atomic mass is 10.1. The standard InChI is InChI=1S/C23H29N3O3.HI/c1-17-6-2-3-7-18(17)15-24-23(25-16-20-8-4-11-27-20)26-19-9-10-21-22(14-19)29-13-5-12-28-21;/h2-3,6-7,9-10,14,20H,4-5,8,11-13,15-16H2,1H3,(H2,24,25,26);1H. The van der Waals surface area contributed by atoms with Crippen molar-refractivity contribution in [2.45, 2.75) is 38.8 Å². The van der Waals surface area contributed by atoms with Crippen LogP contribution in [0.15, 0.2) is 47.5 Å². The molecule has 0 aromatic heterocycles. The first-order chi connectivity index (χ1) is 14.3. The minimum absolute atomic E-state index is 0. The predicted molar refractivity (Wildman–Crippen MR) is 130 cm³/mol. The first-order valence-electron chi connectivity index (χ1n) is 10.4. The van der Waals surface area contributed by atoms with Crippen molar-refractivity contribution in [3.8, 4) is 11.5 Å². The fourth-order valence-corrected chi connectivity index (χ4v) is 3.48. The summed E-state index contributed by atoms with van der Waals surface area (Å²) in [7, 11) is 0. The number of rotatable bonds is 5. The minimum Gasteiger partial charge on any atom is -0.490 e. The summed E-state index contributed by atoms with van der Waals surface area (Å²) in [4.78, 5) is 4.81. The zero-order chi connectivity index (χ0) is 19.9. The summed E-state index contributed by atoms with van der Waals surface area (Å²) in [6, 6.07) is 14.2. The molecule has 4 rings (SSSR count). The van der Waals surface area contributed by atoms with Crippen LogP contribution in [0.3, 0.4) is 0 Å². The van der Waals surface area contributed by atoms with E-state index in [9.17, 15) is 0 Å². The number of aryl methyl sites for hydroxylation is 1. The monoisotopic (exact) mass is 523 g/mol. The summed E-state index contributed by atoms with van der Waals surface area (Å²) >= 11 is 0. The Morgan fingerprint density at radius 3 is 2.67 bits per heavy atom. The molecule has 1 fully saturated rings. The molecule has 6 nitrogen and oxygen atoms in total. The minimum atomic E-state index is 0. The number of aliphatic imine (C=N–C) groups is 1. The molecule has 1 unspecified atom stereocenters. The molecule has 0 spiro atoms. The van der Waals surface area contributed by atoms with Crippen molar-refractivity contribution in [1.29, 1.82) is 0 Å². The summed E-state index contributed by atoms with van der Waals surface area (Å²) in [6.45, 7) is 5.66. The zero-order valence-electron chi connectivity index (χ0n) is 17.4. The first-order valence-corrected chi connectivity index (χ1v) is 10.4. The SMILES string of the molecule is Cc1ccccc1CN=C(NCC1CCCO1)Nc1ccc2c(c1)OCCCO2.I. The molecule has 162 valence electrons. The number of guanidine groups is 1. The normalized spacial score (nSPS) is 18.3. The molecule has 1 atom stereocenters. The van der Waals surface area contributed by atoms with Crippen molar-refractivity contribution in [2.24, 2.45) is 4.99 Å². The summed E-state index contributed by atoms with van der Waals surface area (Å²) < 4.78 is 17.3. The fourth-order valence-electron chi connectivity index (χ4n) is 3.48. The second-order valence-electron chi connectivity index (χ2n) is 7.44. The van der Waals surface area contributed by atoms with Crippen molar-refractivity contribution in [3.05, 3.63) is 53.6 Å². The molecule has 7 heteroatoms. The van der Waals surface area contributed by atoms with Gasteiger partial charge in [0.1, 0.15) is 0 Å². The average Bonchev–Trinajstić information content (AvgIpc) is 3.15. The predicted octanol–water partition coefficient (Wildman–Crippen LogP) is 4.51. The van der Waals surface area contributed by atoms with Crippen molar-refractivity contribution in [2.75, 3.05) is 31.7 Å². The third-order valence-electron chi connectivity index (χ3n) is 5.20. The molecule has 2 aliphatic rings. The highest BCUT2D eigenvalue weighted by molar-refractivity contribution is 14.0. The number of hydrogen-bond acceptors (Lipinski definition) is 4. The van der Waals surface area contributed by atoms with Crippen molar-refractivity contribution >= 4 is 35.6 Å². The summed E-state index contributed by atoms with van der Waals surface area (Å²) in [5, 5.41) is 6.85. The van der Waals surface area contributed by atoms with Gasteiger partial charge < -0.3 is 24.8 Å². The van der Waals surface area contributed by atoms with Crippen LogP contribution in [-0.4, -0.2) is 38.4 Å². The summed E-state index contributed by atoms with van der Waals surface area (Å²) in [5.41, 5.74) is 3.37. The molecule has 1 saturated heterocycles. The van der Waals surface area contributed by atoms with Crippen LogP contribution in [0.2, 0.25) is 0 Å². The van der Waals surface area contributed by atoms with E-state index in [4.69, 9.17) is 19.2 Å². The number of hydrogen-bond donors (Lipinski definition) is 2. The number of nitrogens with one attached hydrogen (secondary N) is 2. The largest absolute Gasteiger partial charge is 0.490 e. The van der Waals surface area contributed by atoms with Gasteiger partial charge in [0.05, 0.1) is 25.9 Å². The van der Waals surface area contributed by atoms with Gasteiger partial charge in [-0.05, 0) is 43.0 Å². The molecule has 0 saturated carbocycles. The molecule has 2 N–H and O–H groups in total. The molecule has 2 aliphatic heterocycles. The van der Waals surface area contributed by atoms with Crippen LogP contribution in [0.4, 0.5) is 5.69 Å². The van der Waals surface area contributed by atoms with Crippen LogP contribution in [-0.2, 0) is 11.3 Å². The van der Waals surface area contributed by atoms with Gasteiger partial charge in [-0.1, -0.05) is 24.3 Å². The maximum atomic E-state index is 5.81. The number of anilines is 1. The first kappa shape index (κ1) is 22.7. The Morgan fingerprint density at radius 1 is 1.03 bits per heavy atom. The lowest BCUT2D eigenvalue weighted by Gasteiger charge is -2.17. The summed E-state index contributed by atoms with van der Waals surface area (Å²) in [5.74, 6) is 2.29. The van der Waals surface area contributed by atoms with Gasteiger partial charge in [-0.15, -0.1) is 24.0 Å². The molecule has 0 amide bonds. The molecule has 2 aromatic carbocycles. The maximum absolute atomic E-state index is 5.81. The van der Waals surface area contributed by atoms with Crippen molar-refractivity contribution in [3.63, 3.8) is 0 Å². The maximum Gasteiger partial charge on any atom is 0.196 e. The average molecular weight is 523 g/mol. The van der Waals surface area contributed by atoms with E-state index in [-0.39, 0.29) is 30.1 Å². The lowest BCUT2D eigenvalue weighted by molar-refractivity contribution is 0.114. The van der Waals surface area contributed by atoms with E-state index in [1.54, 1.807) is 0 Å². The van der Waals surface area contributed by atoms with Gasteiger partial charge in [0.2, 0.25) is 0 Å². The molecular formula is C23H30IN3O3.